The lowest BCUT2D eigenvalue weighted by Gasteiger charge is -2.20. The van der Waals surface area contributed by atoms with Gasteiger partial charge in [-0.05, 0) is 55.2 Å². The first kappa shape index (κ1) is 17.2. The van der Waals surface area contributed by atoms with Gasteiger partial charge in [-0.3, -0.25) is 9.98 Å². The van der Waals surface area contributed by atoms with E-state index in [4.69, 9.17) is 0 Å². The van der Waals surface area contributed by atoms with Gasteiger partial charge in [-0.25, -0.2) is 0 Å². The lowest BCUT2D eigenvalue weighted by molar-refractivity contribution is 0.590. The van der Waals surface area contributed by atoms with Crippen molar-refractivity contribution in [3.8, 4) is 5.69 Å². The van der Waals surface area contributed by atoms with Gasteiger partial charge in [0.05, 0.1) is 11.9 Å². The summed E-state index contributed by atoms with van der Waals surface area (Å²) in [6, 6.07) is 14.9. The minimum absolute atomic E-state index is 0.168. The van der Waals surface area contributed by atoms with Crippen molar-refractivity contribution in [2.24, 2.45) is 4.99 Å². The van der Waals surface area contributed by atoms with E-state index in [0.717, 1.165) is 11.3 Å². The number of benzene rings is 1. The second-order valence-electron chi connectivity index (χ2n) is 7.43. The van der Waals surface area contributed by atoms with Crippen molar-refractivity contribution < 1.29 is 0 Å². The van der Waals surface area contributed by atoms with Crippen LogP contribution in [-0.4, -0.2) is 15.8 Å². The first-order chi connectivity index (χ1) is 11.9. The summed E-state index contributed by atoms with van der Waals surface area (Å²) in [5.41, 5.74) is 7.08. The fourth-order valence-electron chi connectivity index (χ4n) is 3.00. The van der Waals surface area contributed by atoms with E-state index in [1.807, 2.05) is 18.3 Å². The van der Waals surface area contributed by atoms with E-state index >= 15 is 0 Å². The topological polar surface area (TPSA) is 30.2 Å². The molecule has 3 aromatic rings. The third-order valence-electron chi connectivity index (χ3n) is 4.46. The Bertz CT molecular complexity index is 880. The predicted octanol–water partition coefficient (Wildman–Crippen LogP) is 5.54. The van der Waals surface area contributed by atoms with Crippen molar-refractivity contribution in [1.82, 2.24) is 9.55 Å². The van der Waals surface area contributed by atoms with E-state index in [1.54, 1.807) is 12.4 Å². The monoisotopic (exact) mass is 331 g/mol. The Morgan fingerprint density at radius 1 is 1.04 bits per heavy atom. The van der Waals surface area contributed by atoms with Crippen molar-refractivity contribution in [2.75, 3.05) is 0 Å². The molecule has 2 heterocycles. The summed E-state index contributed by atoms with van der Waals surface area (Å²) in [6.07, 6.45) is 5.44. The van der Waals surface area contributed by atoms with Crippen LogP contribution in [0.2, 0.25) is 0 Å². The number of aryl methyl sites for hydroxylation is 1. The molecule has 0 aliphatic rings. The van der Waals surface area contributed by atoms with Gasteiger partial charge in [0, 0.05) is 35.1 Å². The van der Waals surface area contributed by atoms with Gasteiger partial charge in [0.25, 0.3) is 0 Å². The van der Waals surface area contributed by atoms with Crippen molar-refractivity contribution >= 4 is 11.9 Å². The van der Waals surface area contributed by atoms with E-state index < -0.39 is 0 Å². The molecular formula is C22H25N3. The maximum Gasteiger partial charge on any atom is 0.0813 e. The minimum Gasteiger partial charge on any atom is -0.318 e. The molecule has 3 heteroatoms. The van der Waals surface area contributed by atoms with Crippen LogP contribution in [0, 0.1) is 13.8 Å². The van der Waals surface area contributed by atoms with Crippen molar-refractivity contribution in [1.29, 1.82) is 0 Å². The highest BCUT2D eigenvalue weighted by molar-refractivity contribution is 5.84. The molecule has 128 valence electrons. The second kappa shape index (κ2) is 6.67. The summed E-state index contributed by atoms with van der Waals surface area (Å²) in [4.78, 5) is 8.63. The maximum atomic E-state index is 4.53. The summed E-state index contributed by atoms with van der Waals surface area (Å²) in [6.45, 7) is 11.0. The van der Waals surface area contributed by atoms with E-state index in [0.29, 0.717) is 0 Å². The number of aliphatic imine (C=N–C) groups is 1. The minimum atomic E-state index is 0.168. The number of aromatic nitrogens is 2. The molecule has 0 amide bonds. The maximum absolute atomic E-state index is 4.53. The van der Waals surface area contributed by atoms with Crippen molar-refractivity contribution in [3.05, 3.63) is 77.4 Å². The molecular weight excluding hydrogens is 306 g/mol. The molecule has 0 atom stereocenters. The molecule has 0 spiro atoms. The molecule has 1 aromatic carbocycles. The van der Waals surface area contributed by atoms with Crippen LogP contribution < -0.4 is 0 Å². The summed E-state index contributed by atoms with van der Waals surface area (Å²) in [5, 5.41) is 0. The Labute approximate surface area is 150 Å². The smallest absolute Gasteiger partial charge is 0.0813 e. The summed E-state index contributed by atoms with van der Waals surface area (Å²) >= 11 is 0. The molecule has 0 radical (unpaired) electrons. The lowest BCUT2D eigenvalue weighted by Crippen LogP contribution is -2.11. The number of hydrogen-bond donors (Lipinski definition) is 0. The van der Waals surface area contributed by atoms with Gasteiger partial charge >= 0.3 is 0 Å². The average molecular weight is 331 g/mol. The van der Waals surface area contributed by atoms with Crippen LogP contribution in [0.25, 0.3) is 5.69 Å². The van der Waals surface area contributed by atoms with E-state index in [9.17, 15) is 0 Å². The quantitative estimate of drug-likeness (QED) is 0.580. The number of hydrogen-bond acceptors (Lipinski definition) is 2. The first-order valence-corrected chi connectivity index (χ1v) is 8.60. The molecule has 0 unspecified atom stereocenters. The summed E-state index contributed by atoms with van der Waals surface area (Å²) in [7, 11) is 0. The SMILES string of the molecule is Cc1cc(C=Nc2cccnc2)c(C)n1-c1ccc(C(C)(C)C)cc1. The van der Waals surface area contributed by atoms with E-state index in [-0.39, 0.29) is 5.41 Å². The normalized spacial score (nSPS) is 12.0. The first-order valence-electron chi connectivity index (χ1n) is 8.60. The zero-order chi connectivity index (χ0) is 18.0. The highest BCUT2D eigenvalue weighted by Crippen LogP contribution is 2.25. The average Bonchev–Trinajstić information content (AvgIpc) is 2.87. The van der Waals surface area contributed by atoms with Gasteiger partial charge in [0.15, 0.2) is 0 Å². The van der Waals surface area contributed by atoms with Crippen LogP contribution >= 0.6 is 0 Å². The van der Waals surface area contributed by atoms with Gasteiger partial charge < -0.3 is 4.57 Å². The third kappa shape index (κ3) is 3.71. The molecule has 0 aliphatic heterocycles. The van der Waals surface area contributed by atoms with Crippen LogP contribution in [0.3, 0.4) is 0 Å². The molecule has 0 fully saturated rings. The van der Waals surface area contributed by atoms with Crippen LogP contribution in [0.5, 0.6) is 0 Å². The summed E-state index contributed by atoms with van der Waals surface area (Å²) < 4.78 is 2.27. The molecule has 25 heavy (non-hydrogen) atoms. The van der Waals surface area contributed by atoms with Gasteiger partial charge in [-0.15, -0.1) is 0 Å². The zero-order valence-corrected chi connectivity index (χ0v) is 15.6. The Morgan fingerprint density at radius 3 is 2.36 bits per heavy atom. The highest BCUT2D eigenvalue weighted by Gasteiger charge is 2.14. The van der Waals surface area contributed by atoms with Gasteiger partial charge in [0.1, 0.15) is 0 Å². The van der Waals surface area contributed by atoms with Crippen molar-refractivity contribution in [3.63, 3.8) is 0 Å². The Hall–Kier alpha value is -2.68. The van der Waals surface area contributed by atoms with Crippen LogP contribution in [0.15, 0.2) is 59.9 Å². The second-order valence-corrected chi connectivity index (χ2v) is 7.43. The Kier molecular flexibility index (Phi) is 4.58. The Morgan fingerprint density at radius 2 is 1.76 bits per heavy atom. The standard InChI is InChI=1S/C22H25N3/c1-16-13-18(14-24-20-7-6-12-23-15-20)17(2)25(16)21-10-8-19(9-11-21)22(3,4)5/h6-15H,1-5H3. The van der Waals surface area contributed by atoms with Crippen molar-refractivity contribution in [2.45, 2.75) is 40.0 Å². The fraction of sp³-hybridized carbons (Fsp3) is 0.273. The van der Waals surface area contributed by atoms with Crippen LogP contribution in [-0.2, 0) is 5.41 Å². The van der Waals surface area contributed by atoms with Crippen LogP contribution in [0.1, 0.15) is 43.3 Å². The largest absolute Gasteiger partial charge is 0.318 e. The molecule has 0 aliphatic carbocycles. The Balaban J connectivity index is 1.93. The lowest BCUT2D eigenvalue weighted by atomic mass is 9.87. The molecule has 3 nitrogen and oxygen atoms in total. The number of nitrogens with zero attached hydrogens (tertiary/aromatic N) is 3. The van der Waals surface area contributed by atoms with E-state index in [2.05, 4.69) is 79.5 Å². The molecule has 2 aromatic heterocycles. The molecule has 0 bridgehead atoms. The zero-order valence-electron chi connectivity index (χ0n) is 15.6. The van der Waals surface area contributed by atoms with Gasteiger partial charge in [-0.2, -0.15) is 0 Å². The number of rotatable bonds is 3. The fourth-order valence-corrected chi connectivity index (χ4v) is 3.00. The molecule has 0 saturated carbocycles. The molecule has 0 saturated heterocycles. The molecule has 3 rings (SSSR count). The van der Waals surface area contributed by atoms with Gasteiger partial charge in [0.2, 0.25) is 0 Å². The van der Waals surface area contributed by atoms with Gasteiger partial charge in [-0.1, -0.05) is 32.9 Å². The predicted molar refractivity (Wildman–Crippen MR) is 105 cm³/mol. The van der Waals surface area contributed by atoms with E-state index in [1.165, 1.54) is 22.6 Å². The molecule has 0 N–H and O–H groups in total. The summed E-state index contributed by atoms with van der Waals surface area (Å²) in [5.74, 6) is 0. The highest BCUT2D eigenvalue weighted by atomic mass is 15.0. The number of pyridine rings is 1. The third-order valence-corrected chi connectivity index (χ3v) is 4.46. The van der Waals surface area contributed by atoms with Crippen LogP contribution in [0.4, 0.5) is 5.69 Å².